The van der Waals surface area contributed by atoms with E-state index in [2.05, 4.69) is 48.0 Å². The molecule has 0 amide bonds. The highest BCUT2D eigenvalue weighted by Crippen LogP contribution is 2.22. The van der Waals surface area contributed by atoms with Gasteiger partial charge in [0.1, 0.15) is 0 Å². The summed E-state index contributed by atoms with van der Waals surface area (Å²) >= 11 is 6.21. The highest BCUT2D eigenvalue weighted by molar-refractivity contribution is 6.31. The van der Waals surface area contributed by atoms with Gasteiger partial charge in [-0.25, -0.2) is 0 Å². The Kier molecular flexibility index (Phi) is 2.85. The Hall–Kier alpha value is -1.73. The van der Waals surface area contributed by atoms with Crippen molar-refractivity contribution in [3.05, 3.63) is 70.9 Å². The van der Waals surface area contributed by atoms with Crippen LogP contribution in [0.1, 0.15) is 11.1 Å². The standard InChI is InChI=1S/C16H14ClN/c1-12-5-4-8-16-14(12)9-10-18(16)11-13-6-2-3-7-15(13)17/h2-10H,11H2,1H3. The third-order valence-corrected chi connectivity index (χ3v) is 3.70. The summed E-state index contributed by atoms with van der Waals surface area (Å²) < 4.78 is 2.24. The van der Waals surface area contributed by atoms with Crippen molar-refractivity contribution in [1.29, 1.82) is 0 Å². The fourth-order valence-corrected chi connectivity index (χ4v) is 2.52. The van der Waals surface area contributed by atoms with Crippen LogP contribution >= 0.6 is 11.6 Å². The molecule has 0 saturated carbocycles. The average Bonchev–Trinajstić information content (AvgIpc) is 2.77. The molecule has 1 nitrogen and oxygen atoms in total. The van der Waals surface area contributed by atoms with Crippen molar-refractivity contribution in [3.63, 3.8) is 0 Å². The first-order valence-corrected chi connectivity index (χ1v) is 6.41. The van der Waals surface area contributed by atoms with Gasteiger partial charge >= 0.3 is 0 Å². The Morgan fingerprint density at radius 2 is 1.83 bits per heavy atom. The number of benzene rings is 2. The summed E-state index contributed by atoms with van der Waals surface area (Å²) in [5.41, 5.74) is 3.72. The number of fused-ring (bicyclic) bond motifs is 1. The molecule has 0 aliphatic rings. The minimum Gasteiger partial charge on any atom is -0.343 e. The predicted molar refractivity (Wildman–Crippen MR) is 77.2 cm³/mol. The molecule has 0 atom stereocenters. The van der Waals surface area contributed by atoms with Gasteiger partial charge in [-0.2, -0.15) is 0 Å². The molecular formula is C16H14ClN. The molecule has 0 bridgehead atoms. The van der Waals surface area contributed by atoms with E-state index in [0.29, 0.717) is 0 Å². The van der Waals surface area contributed by atoms with Gasteiger partial charge in [0.25, 0.3) is 0 Å². The molecule has 3 rings (SSSR count). The normalized spacial score (nSPS) is 11.0. The van der Waals surface area contributed by atoms with Gasteiger partial charge in [-0.05, 0) is 36.2 Å². The maximum absolute atomic E-state index is 6.21. The molecule has 0 fully saturated rings. The Morgan fingerprint density at radius 1 is 1.00 bits per heavy atom. The van der Waals surface area contributed by atoms with E-state index in [4.69, 9.17) is 11.6 Å². The predicted octanol–water partition coefficient (Wildman–Crippen LogP) is 4.65. The minimum absolute atomic E-state index is 0.812. The molecule has 1 heterocycles. The third kappa shape index (κ3) is 1.91. The molecule has 1 aromatic heterocycles. The molecule has 0 saturated heterocycles. The van der Waals surface area contributed by atoms with Crippen molar-refractivity contribution in [3.8, 4) is 0 Å². The van der Waals surface area contributed by atoms with Crippen LogP contribution in [-0.2, 0) is 6.54 Å². The van der Waals surface area contributed by atoms with E-state index in [9.17, 15) is 0 Å². The molecule has 2 aromatic carbocycles. The number of hydrogen-bond donors (Lipinski definition) is 0. The maximum Gasteiger partial charge on any atom is 0.0490 e. The molecule has 90 valence electrons. The number of aromatic nitrogens is 1. The van der Waals surface area contributed by atoms with Gasteiger partial charge < -0.3 is 4.57 Å². The van der Waals surface area contributed by atoms with E-state index >= 15 is 0 Å². The zero-order valence-electron chi connectivity index (χ0n) is 10.2. The highest BCUT2D eigenvalue weighted by atomic mass is 35.5. The lowest BCUT2D eigenvalue weighted by molar-refractivity contribution is 0.837. The first-order valence-electron chi connectivity index (χ1n) is 6.03. The van der Waals surface area contributed by atoms with Crippen molar-refractivity contribution in [2.75, 3.05) is 0 Å². The zero-order chi connectivity index (χ0) is 12.5. The van der Waals surface area contributed by atoms with E-state index in [0.717, 1.165) is 17.1 Å². The fourth-order valence-electron chi connectivity index (χ4n) is 2.33. The molecule has 0 spiro atoms. The molecule has 18 heavy (non-hydrogen) atoms. The molecule has 0 unspecified atom stereocenters. The van der Waals surface area contributed by atoms with Crippen LogP contribution in [0.25, 0.3) is 10.9 Å². The molecule has 2 heteroatoms. The summed E-state index contributed by atoms with van der Waals surface area (Å²) in [6.45, 7) is 2.95. The summed E-state index contributed by atoms with van der Waals surface area (Å²) in [7, 11) is 0. The van der Waals surface area contributed by atoms with Crippen molar-refractivity contribution in [2.45, 2.75) is 13.5 Å². The lowest BCUT2D eigenvalue weighted by Gasteiger charge is -2.07. The molecule has 0 N–H and O–H groups in total. The van der Waals surface area contributed by atoms with Gasteiger partial charge in [0.05, 0.1) is 0 Å². The molecule has 0 aliphatic carbocycles. The van der Waals surface area contributed by atoms with Gasteiger partial charge in [0, 0.05) is 28.7 Å². The summed E-state index contributed by atoms with van der Waals surface area (Å²) in [6, 6.07) is 16.6. The quantitative estimate of drug-likeness (QED) is 0.628. The van der Waals surface area contributed by atoms with Crippen LogP contribution < -0.4 is 0 Å². The van der Waals surface area contributed by atoms with E-state index < -0.39 is 0 Å². The van der Waals surface area contributed by atoms with E-state index in [1.165, 1.54) is 16.5 Å². The minimum atomic E-state index is 0.812. The monoisotopic (exact) mass is 255 g/mol. The molecular weight excluding hydrogens is 242 g/mol. The van der Waals surface area contributed by atoms with Gasteiger partial charge in [0.15, 0.2) is 0 Å². The smallest absolute Gasteiger partial charge is 0.0490 e. The van der Waals surface area contributed by atoms with Gasteiger partial charge in [-0.15, -0.1) is 0 Å². The Bertz CT molecular complexity index is 697. The van der Waals surface area contributed by atoms with Crippen molar-refractivity contribution in [2.24, 2.45) is 0 Å². The van der Waals surface area contributed by atoms with E-state index in [1.54, 1.807) is 0 Å². The summed E-state index contributed by atoms with van der Waals surface area (Å²) in [5.74, 6) is 0. The van der Waals surface area contributed by atoms with Crippen molar-refractivity contribution in [1.82, 2.24) is 4.57 Å². The number of nitrogens with zero attached hydrogens (tertiary/aromatic N) is 1. The van der Waals surface area contributed by atoms with Gasteiger partial charge in [-0.3, -0.25) is 0 Å². The topological polar surface area (TPSA) is 4.93 Å². The van der Waals surface area contributed by atoms with E-state index in [-0.39, 0.29) is 0 Å². The highest BCUT2D eigenvalue weighted by Gasteiger charge is 2.05. The maximum atomic E-state index is 6.21. The molecule has 0 aliphatic heterocycles. The van der Waals surface area contributed by atoms with Gasteiger partial charge in [0.2, 0.25) is 0 Å². The molecule has 0 radical (unpaired) electrons. The first-order chi connectivity index (χ1) is 8.75. The number of halogens is 1. The average molecular weight is 256 g/mol. The zero-order valence-corrected chi connectivity index (χ0v) is 11.0. The van der Waals surface area contributed by atoms with Crippen LogP contribution in [-0.4, -0.2) is 4.57 Å². The summed E-state index contributed by atoms with van der Waals surface area (Å²) in [5, 5.41) is 2.14. The lowest BCUT2D eigenvalue weighted by Crippen LogP contribution is -1.98. The second-order valence-corrected chi connectivity index (χ2v) is 4.95. The summed E-state index contributed by atoms with van der Waals surface area (Å²) in [4.78, 5) is 0. The largest absolute Gasteiger partial charge is 0.343 e. The van der Waals surface area contributed by atoms with Crippen molar-refractivity contribution < 1.29 is 0 Å². The fraction of sp³-hybridized carbons (Fsp3) is 0.125. The number of hydrogen-bond acceptors (Lipinski definition) is 0. The van der Waals surface area contributed by atoms with Crippen molar-refractivity contribution >= 4 is 22.5 Å². The van der Waals surface area contributed by atoms with Gasteiger partial charge in [-0.1, -0.05) is 41.9 Å². The SMILES string of the molecule is Cc1cccc2c1ccn2Cc1ccccc1Cl. The van der Waals surface area contributed by atoms with Crippen LogP contribution in [0.15, 0.2) is 54.7 Å². The third-order valence-electron chi connectivity index (χ3n) is 3.33. The van der Waals surface area contributed by atoms with Crippen LogP contribution in [0.2, 0.25) is 5.02 Å². The Labute approximate surface area is 112 Å². The number of aryl methyl sites for hydroxylation is 1. The summed E-state index contributed by atoms with van der Waals surface area (Å²) in [6.07, 6.45) is 2.13. The van der Waals surface area contributed by atoms with E-state index in [1.807, 2.05) is 18.2 Å². The first kappa shape index (κ1) is 11.4. The van der Waals surface area contributed by atoms with Crippen LogP contribution in [0.4, 0.5) is 0 Å². The Morgan fingerprint density at radius 3 is 2.67 bits per heavy atom. The van der Waals surface area contributed by atoms with Crippen LogP contribution in [0, 0.1) is 6.92 Å². The van der Waals surface area contributed by atoms with Crippen LogP contribution in [0.5, 0.6) is 0 Å². The molecule has 3 aromatic rings. The number of rotatable bonds is 2. The lowest BCUT2D eigenvalue weighted by atomic mass is 10.1. The second kappa shape index (κ2) is 4.51. The Balaban J connectivity index is 2.06. The van der Waals surface area contributed by atoms with Crippen LogP contribution in [0.3, 0.4) is 0 Å². The second-order valence-electron chi connectivity index (χ2n) is 4.54.